The second-order valence-corrected chi connectivity index (χ2v) is 2.79. The van der Waals surface area contributed by atoms with Crippen LogP contribution in [0.1, 0.15) is 6.92 Å². The van der Waals surface area contributed by atoms with Crippen LogP contribution in [0.15, 0.2) is 0 Å². The number of ether oxygens (including phenoxy) is 2. The van der Waals surface area contributed by atoms with Gasteiger partial charge in [-0.2, -0.15) is 0 Å². The van der Waals surface area contributed by atoms with E-state index < -0.39 is 12.2 Å². The van der Waals surface area contributed by atoms with Crippen molar-refractivity contribution in [2.45, 2.75) is 37.6 Å². The highest BCUT2D eigenvalue weighted by Gasteiger charge is 2.54. The zero-order valence-electron chi connectivity index (χ0n) is 5.60. The molecule has 2 fully saturated rings. The van der Waals surface area contributed by atoms with Gasteiger partial charge in [-0.05, 0) is 6.92 Å². The maximum atomic E-state index is 9.20. The number of fused-ring (bicyclic) bond motifs is 1. The number of hydrogen-bond acceptors (Lipinski definition) is 4. The van der Waals surface area contributed by atoms with Crippen LogP contribution in [0.4, 0.5) is 0 Å². The molecule has 0 spiro atoms. The Kier molecular flexibility index (Phi) is 1.25. The SMILES string of the molecule is C[C@@H]1OC2O[C@@H]2C(O)[C@@H]1O. The summed E-state index contributed by atoms with van der Waals surface area (Å²) in [5.74, 6) is 0. The minimum atomic E-state index is -0.802. The van der Waals surface area contributed by atoms with Gasteiger partial charge in [0.2, 0.25) is 0 Å². The number of aliphatic hydroxyl groups is 2. The third-order valence-corrected chi connectivity index (χ3v) is 2.00. The van der Waals surface area contributed by atoms with Gasteiger partial charge in [-0.15, -0.1) is 0 Å². The first kappa shape index (κ1) is 6.54. The minimum absolute atomic E-state index is 0.270. The zero-order chi connectivity index (χ0) is 7.30. The molecule has 2 aliphatic heterocycles. The fourth-order valence-corrected chi connectivity index (χ4v) is 1.22. The third-order valence-electron chi connectivity index (χ3n) is 2.00. The van der Waals surface area contributed by atoms with Crippen LogP contribution in [-0.2, 0) is 9.47 Å². The average Bonchev–Trinajstić information content (AvgIpc) is 2.62. The molecule has 0 bridgehead atoms. The molecule has 0 aromatic carbocycles. The van der Waals surface area contributed by atoms with Gasteiger partial charge in [-0.1, -0.05) is 0 Å². The summed E-state index contributed by atoms with van der Waals surface area (Å²) < 4.78 is 10.0. The summed E-state index contributed by atoms with van der Waals surface area (Å²) in [4.78, 5) is 0. The maximum absolute atomic E-state index is 9.20. The van der Waals surface area contributed by atoms with Crippen molar-refractivity contribution in [3.63, 3.8) is 0 Å². The van der Waals surface area contributed by atoms with Crippen molar-refractivity contribution in [2.75, 3.05) is 0 Å². The topological polar surface area (TPSA) is 62.2 Å². The van der Waals surface area contributed by atoms with Gasteiger partial charge >= 0.3 is 0 Å². The van der Waals surface area contributed by atoms with Gasteiger partial charge in [-0.25, -0.2) is 0 Å². The normalized spacial score (nSPS) is 59.7. The van der Waals surface area contributed by atoms with E-state index in [0.29, 0.717) is 0 Å². The molecule has 0 amide bonds. The summed E-state index contributed by atoms with van der Waals surface area (Å²) >= 11 is 0. The molecule has 0 aliphatic carbocycles. The summed E-state index contributed by atoms with van der Waals surface area (Å²) in [7, 11) is 0. The Balaban J connectivity index is 2.07. The van der Waals surface area contributed by atoms with E-state index in [1.165, 1.54) is 0 Å². The third kappa shape index (κ3) is 0.769. The molecule has 4 heteroatoms. The summed E-state index contributed by atoms with van der Waals surface area (Å²) in [6.07, 6.45) is -2.45. The molecule has 0 radical (unpaired) electrons. The molecule has 0 saturated carbocycles. The molecule has 2 unspecified atom stereocenters. The molecule has 4 nitrogen and oxygen atoms in total. The summed E-state index contributed by atoms with van der Waals surface area (Å²) in [5, 5.41) is 18.4. The zero-order valence-corrected chi connectivity index (χ0v) is 5.60. The molecule has 5 atom stereocenters. The molecule has 58 valence electrons. The van der Waals surface area contributed by atoms with Gasteiger partial charge in [0.15, 0.2) is 6.29 Å². The first-order valence-corrected chi connectivity index (χ1v) is 3.37. The first-order valence-electron chi connectivity index (χ1n) is 3.37. The largest absolute Gasteiger partial charge is 0.388 e. The Bertz CT molecular complexity index is 147. The lowest BCUT2D eigenvalue weighted by atomic mass is 10.0. The molecule has 2 rings (SSSR count). The molecule has 2 saturated heterocycles. The monoisotopic (exact) mass is 146 g/mol. The average molecular weight is 146 g/mol. The maximum Gasteiger partial charge on any atom is 0.187 e. The van der Waals surface area contributed by atoms with Gasteiger partial charge in [0, 0.05) is 0 Å². The van der Waals surface area contributed by atoms with E-state index in [2.05, 4.69) is 0 Å². The van der Waals surface area contributed by atoms with E-state index in [-0.39, 0.29) is 18.5 Å². The van der Waals surface area contributed by atoms with Gasteiger partial charge in [0.25, 0.3) is 0 Å². The predicted octanol–water partition coefficient (Wildman–Crippen LogP) is -1.15. The lowest BCUT2D eigenvalue weighted by molar-refractivity contribution is -0.122. The fourth-order valence-electron chi connectivity index (χ4n) is 1.22. The van der Waals surface area contributed by atoms with E-state index in [0.717, 1.165) is 0 Å². The van der Waals surface area contributed by atoms with Crippen LogP contribution in [0.25, 0.3) is 0 Å². The second-order valence-electron chi connectivity index (χ2n) is 2.79. The van der Waals surface area contributed by atoms with Crippen LogP contribution in [0.2, 0.25) is 0 Å². The Morgan fingerprint density at radius 3 is 2.50 bits per heavy atom. The van der Waals surface area contributed by atoms with Crippen LogP contribution in [0, 0.1) is 0 Å². The van der Waals surface area contributed by atoms with Crippen molar-refractivity contribution in [3.05, 3.63) is 0 Å². The van der Waals surface area contributed by atoms with Crippen molar-refractivity contribution < 1.29 is 19.7 Å². The lowest BCUT2D eigenvalue weighted by Gasteiger charge is -2.25. The molecular weight excluding hydrogens is 136 g/mol. The van der Waals surface area contributed by atoms with Crippen LogP contribution in [0.3, 0.4) is 0 Å². The van der Waals surface area contributed by atoms with Gasteiger partial charge in [0.05, 0.1) is 6.10 Å². The van der Waals surface area contributed by atoms with Crippen molar-refractivity contribution in [1.29, 1.82) is 0 Å². The standard InChI is InChI=1S/C6H10O4/c1-2-3(7)4(8)5-6(9-2)10-5/h2-8H,1H3/t2-,3+,4?,5+,6?/m0/s1. The summed E-state index contributed by atoms with van der Waals surface area (Å²) in [6.45, 7) is 1.71. The van der Waals surface area contributed by atoms with E-state index in [4.69, 9.17) is 9.47 Å². The Labute approximate surface area is 58.4 Å². The van der Waals surface area contributed by atoms with Gasteiger partial charge in [-0.3, -0.25) is 0 Å². The van der Waals surface area contributed by atoms with Crippen LogP contribution < -0.4 is 0 Å². The molecule has 2 N–H and O–H groups in total. The summed E-state index contributed by atoms with van der Waals surface area (Å²) in [5.41, 5.74) is 0. The highest BCUT2D eigenvalue weighted by molar-refractivity contribution is 4.95. The van der Waals surface area contributed by atoms with Crippen molar-refractivity contribution in [1.82, 2.24) is 0 Å². The molecule has 10 heavy (non-hydrogen) atoms. The molecule has 0 aromatic heterocycles. The number of hydrogen-bond donors (Lipinski definition) is 2. The predicted molar refractivity (Wildman–Crippen MR) is 31.2 cm³/mol. The van der Waals surface area contributed by atoms with Gasteiger partial charge < -0.3 is 19.7 Å². The van der Waals surface area contributed by atoms with E-state index in [1.807, 2.05) is 0 Å². The molecule has 2 heterocycles. The quantitative estimate of drug-likeness (QED) is 0.424. The van der Waals surface area contributed by atoms with Crippen molar-refractivity contribution >= 4 is 0 Å². The number of aliphatic hydroxyl groups excluding tert-OH is 2. The van der Waals surface area contributed by atoms with Crippen molar-refractivity contribution in [3.8, 4) is 0 Å². The van der Waals surface area contributed by atoms with Crippen LogP contribution in [0.5, 0.6) is 0 Å². The molecule has 2 aliphatic rings. The second kappa shape index (κ2) is 1.92. The molecular formula is C6H10O4. The number of epoxide rings is 1. The smallest absolute Gasteiger partial charge is 0.187 e. The van der Waals surface area contributed by atoms with Crippen molar-refractivity contribution in [2.24, 2.45) is 0 Å². The Morgan fingerprint density at radius 1 is 1.10 bits per heavy atom. The number of rotatable bonds is 0. The summed E-state index contributed by atoms with van der Waals surface area (Å²) in [6, 6.07) is 0. The lowest BCUT2D eigenvalue weighted by Crippen LogP contribution is -2.45. The highest BCUT2D eigenvalue weighted by Crippen LogP contribution is 2.35. The minimum Gasteiger partial charge on any atom is -0.388 e. The van der Waals surface area contributed by atoms with E-state index in [1.54, 1.807) is 6.92 Å². The highest BCUT2D eigenvalue weighted by atomic mass is 16.8. The first-order chi connectivity index (χ1) is 4.70. The van der Waals surface area contributed by atoms with Gasteiger partial charge in [0.1, 0.15) is 18.3 Å². The molecule has 0 aromatic rings. The van der Waals surface area contributed by atoms with Crippen LogP contribution >= 0.6 is 0 Å². The van der Waals surface area contributed by atoms with E-state index >= 15 is 0 Å². The van der Waals surface area contributed by atoms with E-state index in [9.17, 15) is 10.2 Å². The Morgan fingerprint density at radius 2 is 1.80 bits per heavy atom. The van der Waals surface area contributed by atoms with Crippen LogP contribution in [-0.4, -0.2) is 40.9 Å². The Hall–Kier alpha value is -0.160. The fraction of sp³-hybridized carbons (Fsp3) is 1.00.